The molecule has 0 bridgehead atoms. The highest BCUT2D eigenvalue weighted by molar-refractivity contribution is 7.85. The molecule has 6 heteroatoms. The average molecular weight is 435 g/mol. The predicted molar refractivity (Wildman–Crippen MR) is 120 cm³/mol. The highest BCUT2D eigenvalue weighted by atomic mass is 32.2. The van der Waals surface area contributed by atoms with Crippen LogP contribution in [0.3, 0.4) is 0 Å². The number of phenolic OH excluding ortho intramolecular Hbond substituents is 1. The van der Waals surface area contributed by atoms with E-state index in [1.807, 2.05) is 0 Å². The summed E-state index contributed by atoms with van der Waals surface area (Å²) in [7, 11) is -4.28. The molecule has 166 valence electrons. The number of aromatic hydroxyl groups is 1. The van der Waals surface area contributed by atoms with Gasteiger partial charge >= 0.3 is 0 Å². The molecule has 0 radical (unpaired) electrons. The normalized spacial score (nSPS) is 11.5. The minimum absolute atomic E-state index is 0.0588. The third kappa shape index (κ3) is 8.76. The van der Waals surface area contributed by atoms with E-state index >= 15 is 0 Å². The zero-order valence-electron chi connectivity index (χ0n) is 17.8. The second-order valence-electron chi connectivity index (χ2n) is 7.77. The van der Waals surface area contributed by atoms with Crippen LogP contribution in [0.1, 0.15) is 76.7 Å². The maximum Gasteiger partial charge on any atom is 0.294 e. The van der Waals surface area contributed by atoms with Gasteiger partial charge in [0.1, 0.15) is 17.2 Å². The second kappa shape index (κ2) is 12.6. The first-order valence-corrected chi connectivity index (χ1v) is 12.4. The molecule has 0 spiro atoms. The van der Waals surface area contributed by atoms with Crippen molar-refractivity contribution in [3.8, 4) is 17.2 Å². The van der Waals surface area contributed by atoms with Crippen molar-refractivity contribution in [2.45, 2.75) is 82.4 Å². The Kier molecular flexibility index (Phi) is 10.2. The number of unbranched alkanes of at least 4 members (excludes halogenated alkanes) is 9. The lowest BCUT2D eigenvalue weighted by Crippen LogP contribution is -2.04. The summed E-state index contributed by atoms with van der Waals surface area (Å²) in [6, 6.07) is 10.9. The maximum absolute atomic E-state index is 11.7. The summed E-state index contributed by atoms with van der Waals surface area (Å²) in [6.07, 6.45) is 12.6. The van der Waals surface area contributed by atoms with Crippen LogP contribution in [-0.4, -0.2) is 18.1 Å². The number of aryl methyl sites for hydroxylation is 1. The first kappa shape index (κ1) is 24.2. The summed E-state index contributed by atoms with van der Waals surface area (Å²) in [5.74, 6) is 1.18. The molecule has 2 rings (SSSR count). The van der Waals surface area contributed by atoms with Crippen LogP contribution in [0.15, 0.2) is 47.4 Å². The minimum Gasteiger partial charge on any atom is -0.508 e. The molecule has 5 nitrogen and oxygen atoms in total. The molecule has 0 aliphatic rings. The SMILES string of the molecule is CCCCCCCCCCCCc1cc(Oc2ccc(O)cc2)ccc1S(=O)(=O)O. The lowest BCUT2D eigenvalue weighted by Gasteiger charge is -2.11. The van der Waals surface area contributed by atoms with Gasteiger partial charge in [-0.05, 0) is 60.9 Å². The van der Waals surface area contributed by atoms with Crippen LogP contribution in [0.2, 0.25) is 0 Å². The van der Waals surface area contributed by atoms with Gasteiger partial charge in [-0.1, -0.05) is 64.7 Å². The smallest absolute Gasteiger partial charge is 0.294 e. The number of benzene rings is 2. The van der Waals surface area contributed by atoms with Crippen LogP contribution < -0.4 is 4.74 Å². The van der Waals surface area contributed by atoms with Gasteiger partial charge < -0.3 is 9.84 Å². The van der Waals surface area contributed by atoms with Crippen LogP contribution in [-0.2, 0) is 16.5 Å². The molecule has 0 aromatic heterocycles. The summed E-state index contributed by atoms with van der Waals surface area (Å²) < 4.78 is 38.8. The van der Waals surface area contributed by atoms with Crippen molar-refractivity contribution in [3.05, 3.63) is 48.0 Å². The highest BCUT2D eigenvalue weighted by Crippen LogP contribution is 2.28. The van der Waals surface area contributed by atoms with Crippen LogP contribution in [0, 0.1) is 0 Å². The van der Waals surface area contributed by atoms with Gasteiger partial charge in [0.15, 0.2) is 0 Å². The van der Waals surface area contributed by atoms with Crippen LogP contribution in [0.5, 0.6) is 17.2 Å². The monoisotopic (exact) mass is 434 g/mol. The van der Waals surface area contributed by atoms with Gasteiger partial charge in [0.25, 0.3) is 10.1 Å². The van der Waals surface area contributed by atoms with E-state index in [0.29, 0.717) is 23.5 Å². The van der Waals surface area contributed by atoms with E-state index in [1.165, 1.54) is 69.2 Å². The number of rotatable bonds is 14. The maximum atomic E-state index is 11.7. The highest BCUT2D eigenvalue weighted by Gasteiger charge is 2.16. The van der Waals surface area contributed by atoms with Crippen LogP contribution in [0.25, 0.3) is 0 Å². The van der Waals surface area contributed by atoms with Gasteiger partial charge in [0.05, 0.1) is 4.90 Å². The number of hydrogen-bond acceptors (Lipinski definition) is 4. The van der Waals surface area contributed by atoms with Crippen molar-refractivity contribution in [2.75, 3.05) is 0 Å². The minimum atomic E-state index is -4.28. The Morgan fingerprint density at radius 1 is 0.767 bits per heavy atom. The summed E-state index contributed by atoms with van der Waals surface area (Å²) in [6.45, 7) is 2.22. The number of hydrogen-bond donors (Lipinski definition) is 2. The first-order valence-electron chi connectivity index (χ1n) is 11.0. The van der Waals surface area contributed by atoms with E-state index in [1.54, 1.807) is 18.2 Å². The van der Waals surface area contributed by atoms with E-state index < -0.39 is 10.1 Å². The number of ether oxygens (including phenoxy) is 1. The van der Waals surface area contributed by atoms with Crippen molar-refractivity contribution < 1.29 is 22.8 Å². The van der Waals surface area contributed by atoms with Gasteiger partial charge in [0, 0.05) is 0 Å². The zero-order valence-corrected chi connectivity index (χ0v) is 18.7. The molecule has 2 aromatic rings. The van der Waals surface area contributed by atoms with E-state index in [0.717, 1.165) is 19.3 Å². The molecule has 2 aromatic carbocycles. The Labute approximate surface area is 180 Å². The largest absolute Gasteiger partial charge is 0.508 e. The number of phenols is 1. The molecule has 0 unspecified atom stereocenters. The molecule has 0 amide bonds. The molecule has 30 heavy (non-hydrogen) atoms. The molecule has 0 atom stereocenters. The Morgan fingerprint density at radius 3 is 1.87 bits per heavy atom. The Hall–Kier alpha value is -2.05. The fraction of sp³-hybridized carbons (Fsp3) is 0.500. The van der Waals surface area contributed by atoms with Crippen molar-refractivity contribution in [2.24, 2.45) is 0 Å². The first-order chi connectivity index (χ1) is 14.4. The molecule has 0 aliphatic carbocycles. The summed E-state index contributed by atoms with van der Waals surface area (Å²) in [5, 5.41) is 9.37. The van der Waals surface area contributed by atoms with Gasteiger partial charge in [0.2, 0.25) is 0 Å². The lowest BCUT2D eigenvalue weighted by atomic mass is 10.0. The molecule has 0 heterocycles. The quantitative estimate of drug-likeness (QED) is 0.250. The summed E-state index contributed by atoms with van der Waals surface area (Å²) in [4.78, 5) is -0.0588. The van der Waals surface area contributed by atoms with Gasteiger partial charge in [-0.3, -0.25) is 4.55 Å². The van der Waals surface area contributed by atoms with Crippen molar-refractivity contribution in [1.29, 1.82) is 0 Å². The molecule has 0 fully saturated rings. The van der Waals surface area contributed by atoms with Crippen LogP contribution >= 0.6 is 0 Å². The predicted octanol–water partition coefficient (Wildman–Crippen LogP) is 6.89. The fourth-order valence-corrected chi connectivity index (χ4v) is 4.25. The van der Waals surface area contributed by atoms with E-state index in [9.17, 15) is 18.1 Å². The third-order valence-corrected chi connectivity index (χ3v) is 6.14. The van der Waals surface area contributed by atoms with E-state index in [2.05, 4.69) is 6.92 Å². The van der Waals surface area contributed by atoms with Crippen molar-refractivity contribution >= 4 is 10.1 Å². The summed E-state index contributed by atoms with van der Waals surface area (Å²) in [5.41, 5.74) is 0.563. The standard InChI is InChI=1S/C24H34O5S/c1-2-3-4-5-6-7-8-9-10-11-12-20-19-23(17-18-24(20)30(26,27)28)29-22-15-13-21(25)14-16-22/h13-19,25H,2-12H2,1H3,(H,26,27,28). The fourth-order valence-electron chi connectivity index (χ4n) is 3.52. The molecular weight excluding hydrogens is 400 g/mol. The van der Waals surface area contributed by atoms with E-state index in [-0.39, 0.29) is 10.6 Å². The molecule has 0 aliphatic heterocycles. The molecule has 0 saturated heterocycles. The Morgan fingerprint density at radius 2 is 1.30 bits per heavy atom. The molecule has 0 saturated carbocycles. The summed E-state index contributed by atoms with van der Waals surface area (Å²) >= 11 is 0. The third-order valence-electron chi connectivity index (χ3n) is 5.18. The second-order valence-corrected chi connectivity index (χ2v) is 9.16. The topological polar surface area (TPSA) is 83.8 Å². The van der Waals surface area contributed by atoms with Gasteiger partial charge in [-0.2, -0.15) is 8.42 Å². The van der Waals surface area contributed by atoms with Gasteiger partial charge in [-0.25, -0.2) is 0 Å². The van der Waals surface area contributed by atoms with Crippen molar-refractivity contribution in [1.82, 2.24) is 0 Å². The Bertz CT molecular complexity index is 860. The van der Waals surface area contributed by atoms with Crippen molar-refractivity contribution in [3.63, 3.8) is 0 Å². The van der Waals surface area contributed by atoms with Crippen LogP contribution in [0.4, 0.5) is 0 Å². The zero-order chi connectivity index (χ0) is 21.8. The molecule has 2 N–H and O–H groups in total. The van der Waals surface area contributed by atoms with E-state index in [4.69, 9.17) is 4.74 Å². The van der Waals surface area contributed by atoms with Gasteiger partial charge in [-0.15, -0.1) is 0 Å². The Balaban J connectivity index is 1.87. The lowest BCUT2D eigenvalue weighted by molar-refractivity contribution is 0.462. The average Bonchev–Trinajstić information content (AvgIpc) is 2.70. The molecular formula is C24H34O5S.